The van der Waals surface area contributed by atoms with Crippen LogP contribution in [0.1, 0.15) is 33.6 Å². The Morgan fingerprint density at radius 2 is 1.68 bits per heavy atom. The lowest BCUT2D eigenvalue weighted by molar-refractivity contribution is -0.141. The van der Waals surface area contributed by atoms with Crippen LogP contribution in [0.4, 0.5) is 0 Å². The van der Waals surface area contributed by atoms with Crippen molar-refractivity contribution in [3.8, 4) is 0 Å². The van der Waals surface area contributed by atoms with Crippen molar-refractivity contribution >= 4 is 35.5 Å². The molecule has 0 rings (SSSR count). The third-order valence-corrected chi connectivity index (χ3v) is 4.44. The largest absolute Gasteiger partial charge is 0.480 e. The fourth-order valence-electron chi connectivity index (χ4n) is 2.30. The standard InChI is InChI=1S/C17H32N4O6S/c1-9(2)7-11(18)15(24)21-14(10(3)22)16(25)19-8-13(23)20-12(17(26)27)5-6-28-4/h9-12,14,22H,5-8,18H2,1-4H3,(H,19,25)(H,20,23)(H,21,24)(H,26,27). The molecule has 4 atom stereocenters. The van der Waals surface area contributed by atoms with Gasteiger partial charge in [0.2, 0.25) is 17.7 Å². The first-order valence-electron chi connectivity index (χ1n) is 9.02. The number of hydrogen-bond acceptors (Lipinski definition) is 7. The highest BCUT2D eigenvalue weighted by Crippen LogP contribution is 2.04. The summed E-state index contributed by atoms with van der Waals surface area (Å²) in [7, 11) is 0. The van der Waals surface area contributed by atoms with Crippen LogP contribution in [0.15, 0.2) is 0 Å². The molecule has 28 heavy (non-hydrogen) atoms. The molecule has 0 bridgehead atoms. The first-order chi connectivity index (χ1) is 13.0. The molecule has 0 spiro atoms. The average molecular weight is 421 g/mol. The number of amides is 3. The van der Waals surface area contributed by atoms with Crippen LogP contribution in [0.3, 0.4) is 0 Å². The summed E-state index contributed by atoms with van der Waals surface area (Å²) in [6.45, 7) is 4.63. The van der Waals surface area contributed by atoms with Crippen molar-refractivity contribution in [3.63, 3.8) is 0 Å². The molecule has 0 aromatic carbocycles. The number of carboxylic acids is 1. The Hall–Kier alpha value is -1.85. The molecule has 0 aromatic rings. The first-order valence-corrected chi connectivity index (χ1v) is 10.4. The molecule has 0 saturated heterocycles. The van der Waals surface area contributed by atoms with Gasteiger partial charge < -0.3 is 31.9 Å². The van der Waals surface area contributed by atoms with E-state index in [1.54, 1.807) is 0 Å². The summed E-state index contributed by atoms with van der Waals surface area (Å²) in [6.07, 6.45) is 1.26. The fourth-order valence-corrected chi connectivity index (χ4v) is 2.77. The van der Waals surface area contributed by atoms with Crippen molar-refractivity contribution in [2.24, 2.45) is 11.7 Å². The van der Waals surface area contributed by atoms with E-state index in [4.69, 9.17) is 10.8 Å². The van der Waals surface area contributed by atoms with Gasteiger partial charge in [-0.1, -0.05) is 13.8 Å². The monoisotopic (exact) mass is 420 g/mol. The molecule has 0 aromatic heterocycles. The maximum atomic E-state index is 12.2. The van der Waals surface area contributed by atoms with Crippen LogP contribution in [0.2, 0.25) is 0 Å². The Bertz CT molecular complexity index is 544. The average Bonchev–Trinajstić information content (AvgIpc) is 2.59. The minimum absolute atomic E-state index is 0.177. The van der Waals surface area contributed by atoms with E-state index in [-0.39, 0.29) is 12.3 Å². The molecule has 11 heteroatoms. The minimum atomic E-state index is -1.29. The maximum absolute atomic E-state index is 12.2. The van der Waals surface area contributed by atoms with Gasteiger partial charge in [-0.05, 0) is 37.7 Å². The SMILES string of the molecule is CSCCC(NC(=O)CNC(=O)C(NC(=O)C(N)CC(C)C)C(C)O)C(=O)O. The fraction of sp³-hybridized carbons (Fsp3) is 0.765. The van der Waals surface area contributed by atoms with Gasteiger partial charge in [0.25, 0.3) is 0 Å². The molecular formula is C17H32N4O6S. The molecule has 0 aliphatic heterocycles. The van der Waals surface area contributed by atoms with Crippen LogP contribution in [-0.2, 0) is 19.2 Å². The summed E-state index contributed by atoms with van der Waals surface area (Å²) >= 11 is 1.45. The summed E-state index contributed by atoms with van der Waals surface area (Å²) in [6, 6.07) is -3.17. The number of aliphatic carboxylic acids is 1. The molecule has 3 amide bonds. The molecule has 0 heterocycles. The van der Waals surface area contributed by atoms with Gasteiger partial charge in [0, 0.05) is 0 Å². The number of carbonyl (C=O) groups is 4. The summed E-state index contributed by atoms with van der Waals surface area (Å²) in [4.78, 5) is 47.4. The van der Waals surface area contributed by atoms with Gasteiger partial charge >= 0.3 is 5.97 Å². The van der Waals surface area contributed by atoms with Gasteiger partial charge in [0.15, 0.2) is 0 Å². The van der Waals surface area contributed by atoms with Gasteiger partial charge in [0.05, 0.1) is 18.7 Å². The Morgan fingerprint density at radius 3 is 2.14 bits per heavy atom. The van der Waals surface area contributed by atoms with E-state index >= 15 is 0 Å². The number of nitrogens with two attached hydrogens (primary N) is 1. The third-order valence-electron chi connectivity index (χ3n) is 3.79. The topological polar surface area (TPSA) is 171 Å². The Balaban J connectivity index is 4.70. The number of aliphatic hydroxyl groups is 1. The van der Waals surface area contributed by atoms with E-state index in [0.29, 0.717) is 12.2 Å². The van der Waals surface area contributed by atoms with E-state index in [9.17, 15) is 24.3 Å². The molecule has 0 aliphatic rings. The number of aliphatic hydroxyl groups excluding tert-OH is 1. The van der Waals surface area contributed by atoms with Crippen molar-refractivity contribution in [2.75, 3.05) is 18.6 Å². The molecule has 7 N–H and O–H groups in total. The number of carboxylic acid groups (broad SMARTS) is 1. The maximum Gasteiger partial charge on any atom is 0.326 e. The van der Waals surface area contributed by atoms with E-state index in [1.165, 1.54) is 18.7 Å². The normalized spacial score (nSPS) is 15.2. The number of hydrogen-bond donors (Lipinski definition) is 6. The predicted octanol–water partition coefficient (Wildman–Crippen LogP) is -1.34. The van der Waals surface area contributed by atoms with E-state index < -0.39 is 54.5 Å². The van der Waals surface area contributed by atoms with Crippen molar-refractivity contribution in [1.29, 1.82) is 0 Å². The lowest BCUT2D eigenvalue weighted by atomic mass is 10.0. The van der Waals surface area contributed by atoms with Crippen LogP contribution >= 0.6 is 11.8 Å². The summed E-state index contributed by atoms with van der Waals surface area (Å²) in [5.74, 6) is -2.47. The van der Waals surface area contributed by atoms with E-state index in [1.807, 2.05) is 20.1 Å². The Kier molecular flexibility index (Phi) is 12.5. The number of carbonyl (C=O) groups excluding carboxylic acids is 3. The van der Waals surface area contributed by atoms with Crippen molar-refractivity contribution in [2.45, 2.75) is 57.8 Å². The van der Waals surface area contributed by atoms with Gasteiger partial charge in [-0.25, -0.2) is 4.79 Å². The zero-order chi connectivity index (χ0) is 21.9. The Morgan fingerprint density at radius 1 is 1.07 bits per heavy atom. The highest BCUT2D eigenvalue weighted by Gasteiger charge is 2.28. The quantitative estimate of drug-likeness (QED) is 0.213. The zero-order valence-electron chi connectivity index (χ0n) is 16.7. The van der Waals surface area contributed by atoms with E-state index in [0.717, 1.165) is 0 Å². The van der Waals surface area contributed by atoms with E-state index in [2.05, 4.69) is 16.0 Å². The van der Waals surface area contributed by atoms with Gasteiger partial charge in [-0.3, -0.25) is 14.4 Å². The number of nitrogens with one attached hydrogen (secondary N) is 3. The zero-order valence-corrected chi connectivity index (χ0v) is 17.5. The summed E-state index contributed by atoms with van der Waals surface area (Å²) in [5, 5.41) is 25.9. The molecule has 162 valence electrons. The van der Waals surface area contributed by atoms with Crippen LogP contribution in [0.5, 0.6) is 0 Å². The molecule has 0 radical (unpaired) electrons. The van der Waals surface area contributed by atoms with Crippen molar-refractivity contribution in [1.82, 2.24) is 16.0 Å². The number of thioether (sulfide) groups is 1. The van der Waals surface area contributed by atoms with Crippen LogP contribution < -0.4 is 21.7 Å². The second-order valence-corrected chi connectivity index (χ2v) is 7.91. The van der Waals surface area contributed by atoms with Gasteiger partial charge in [0.1, 0.15) is 12.1 Å². The smallest absolute Gasteiger partial charge is 0.326 e. The lowest BCUT2D eigenvalue weighted by Crippen LogP contribution is -2.57. The van der Waals surface area contributed by atoms with Gasteiger partial charge in [-0.2, -0.15) is 11.8 Å². The summed E-state index contributed by atoms with van der Waals surface area (Å²) < 4.78 is 0. The van der Waals surface area contributed by atoms with Crippen molar-refractivity contribution < 1.29 is 29.4 Å². The highest BCUT2D eigenvalue weighted by atomic mass is 32.2. The number of rotatable bonds is 13. The van der Waals surface area contributed by atoms with Gasteiger partial charge in [-0.15, -0.1) is 0 Å². The molecule has 4 unspecified atom stereocenters. The lowest BCUT2D eigenvalue weighted by Gasteiger charge is -2.23. The minimum Gasteiger partial charge on any atom is -0.480 e. The Labute approximate surface area is 169 Å². The molecular weight excluding hydrogens is 388 g/mol. The summed E-state index contributed by atoms with van der Waals surface area (Å²) in [5.41, 5.74) is 5.77. The molecule has 0 aliphatic carbocycles. The van der Waals surface area contributed by atoms with Crippen LogP contribution in [-0.4, -0.2) is 76.7 Å². The third kappa shape index (κ3) is 10.5. The predicted molar refractivity (Wildman–Crippen MR) is 107 cm³/mol. The molecule has 0 saturated carbocycles. The second kappa shape index (κ2) is 13.3. The van der Waals surface area contributed by atoms with Crippen LogP contribution in [0, 0.1) is 5.92 Å². The molecule has 10 nitrogen and oxygen atoms in total. The first kappa shape index (κ1) is 26.1. The second-order valence-electron chi connectivity index (χ2n) is 6.92. The molecule has 0 fully saturated rings. The highest BCUT2D eigenvalue weighted by molar-refractivity contribution is 7.98. The van der Waals surface area contributed by atoms with Crippen LogP contribution in [0.25, 0.3) is 0 Å². The van der Waals surface area contributed by atoms with Crippen molar-refractivity contribution in [3.05, 3.63) is 0 Å².